The highest BCUT2D eigenvalue weighted by Gasteiger charge is 2.48. The first-order chi connectivity index (χ1) is 15.0. The Labute approximate surface area is 190 Å². The molecule has 166 valence electrons. The number of amides is 2. The second-order valence-corrected chi connectivity index (χ2v) is 10.9. The molecule has 1 atom stereocenters. The molecule has 1 N–H and O–H groups in total. The summed E-state index contributed by atoms with van der Waals surface area (Å²) in [5.41, 5.74) is 2.86. The highest BCUT2D eigenvalue weighted by Crippen LogP contribution is 2.50. The van der Waals surface area contributed by atoms with E-state index in [0.29, 0.717) is 12.1 Å². The van der Waals surface area contributed by atoms with Gasteiger partial charge in [-0.1, -0.05) is 73.2 Å². The number of urea groups is 1. The molecule has 5 nitrogen and oxygen atoms in total. The van der Waals surface area contributed by atoms with Crippen molar-refractivity contribution in [3.8, 4) is 0 Å². The number of carbonyl (C=O) groups excluding carboxylic acids is 1. The van der Waals surface area contributed by atoms with Gasteiger partial charge >= 0.3 is 6.03 Å². The van der Waals surface area contributed by atoms with E-state index >= 15 is 0 Å². The first kappa shape index (κ1) is 22.1. The number of nitrogens with zero attached hydrogens (tertiary/aromatic N) is 1. The molecule has 0 bridgehead atoms. The summed E-state index contributed by atoms with van der Waals surface area (Å²) in [7, 11) is -4.00. The number of sulfonamides is 1. The Morgan fingerprint density at radius 1 is 0.875 bits per heavy atom. The van der Waals surface area contributed by atoms with Gasteiger partial charge in [-0.05, 0) is 56.5 Å². The third kappa shape index (κ3) is 3.79. The van der Waals surface area contributed by atoms with E-state index in [1.165, 1.54) is 12.1 Å². The number of nitrogens with one attached hydrogen (secondary N) is 1. The third-order valence-electron chi connectivity index (χ3n) is 6.30. The molecule has 1 aliphatic heterocycles. The molecule has 0 spiro atoms. The molecule has 3 aromatic carbocycles. The highest BCUT2D eigenvalue weighted by molar-refractivity contribution is 7.90. The van der Waals surface area contributed by atoms with Crippen molar-refractivity contribution in [2.24, 2.45) is 0 Å². The molecule has 6 heteroatoms. The topological polar surface area (TPSA) is 66.5 Å². The Bertz CT molecular complexity index is 1250. The molecule has 0 aliphatic carbocycles. The molecule has 0 aromatic heterocycles. The van der Waals surface area contributed by atoms with Crippen molar-refractivity contribution in [2.45, 2.75) is 50.0 Å². The van der Waals surface area contributed by atoms with Gasteiger partial charge in [-0.25, -0.2) is 17.9 Å². The van der Waals surface area contributed by atoms with E-state index < -0.39 is 21.6 Å². The van der Waals surface area contributed by atoms with Crippen molar-refractivity contribution in [1.29, 1.82) is 0 Å². The van der Waals surface area contributed by atoms with E-state index in [9.17, 15) is 13.2 Å². The minimum atomic E-state index is -4.00. The van der Waals surface area contributed by atoms with Crippen LogP contribution in [0.3, 0.4) is 0 Å². The van der Waals surface area contributed by atoms with E-state index in [1.807, 2.05) is 63.2 Å². The van der Waals surface area contributed by atoms with Gasteiger partial charge in [0.2, 0.25) is 0 Å². The second kappa shape index (κ2) is 7.78. The fourth-order valence-electron chi connectivity index (χ4n) is 4.89. The Morgan fingerprint density at radius 2 is 1.47 bits per heavy atom. The SMILES string of the molecule is Cc1ccc(S(=O)(=O)NC(=O)N2c3ccccc3C(C)(c3ccccc3)CC2(C)C)cc1. The third-order valence-corrected chi connectivity index (χ3v) is 7.63. The summed E-state index contributed by atoms with van der Waals surface area (Å²) in [6.07, 6.45) is 0.638. The van der Waals surface area contributed by atoms with Crippen LogP contribution in [0.15, 0.2) is 83.8 Å². The quantitative estimate of drug-likeness (QED) is 0.584. The van der Waals surface area contributed by atoms with E-state index in [4.69, 9.17) is 0 Å². The fraction of sp³-hybridized carbons (Fsp3) is 0.269. The maximum Gasteiger partial charge on any atom is 0.336 e. The molecule has 4 rings (SSSR count). The van der Waals surface area contributed by atoms with E-state index in [1.54, 1.807) is 17.0 Å². The van der Waals surface area contributed by atoms with Crippen molar-refractivity contribution in [3.63, 3.8) is 0 Å². The summed E-state index contributed by atoms with van der Waals surface area (Å²) in [4.78, 5) is 15.1. The maximum absolute atomic E-state index is 13.4. The Hall–Kier alpha value is -3.12. The van der Waals surface area contributed by atoms with Gasteiger partial charge in [-0.3, -0.25) is 4.90 Å². The zero-order valence-electron chi connectivity index (χ0n) is 18.8. The monoisotopic (exact) mass is 448 g/mol. The van der Waals surface area contributed by atoms with Crippen molar-refractivity contribution in [2.75, 3.05) is 4.90 Å². The molecule has 0 saturated heterocycles. The number of benzene rings is 3. The largest absolute Gasteiger partial charge is 0.336 e. The Kier molecular flexibility index (Phi) is 5.37. The zero-order chi connectivity index (χ0) is 23.1. The number of para-hydroxylation sites is 1. The van der Waals surface area contributed by atoms with Crippen LogP contribution in [-0.2, 0) is 15.4 Å². The molecule has 0 saturated carbocycles. The fourth-order valence-corrected chi connectivity index (χ4v) is 5.82. The first-order valence-corrected chi connectivity index (χ1v) is 12.1. The number of carbonyl (C=O) groups is 1. The summed E-state index contributed by atoms with van der Waals surface area (Å²) in [5, 5.41) is 0. The van der Waals surface area contributed by atoms with Crippen LogP contribution in [0.2, 0.25) is 0 Å². The van der Waals surface area contributed by atoms with Gasteiger partial charge in [0.15, 0.2) is 0 Å². The van der Waals surface area contributed by atoms with Crippen LogP contribution in [0.4, 0.5) is 10.5 Å². The minimum absolute atomic E-state index is 0.0636. The molecule has 2 amide bonds. The molecular formula is C26H28N2O3S. The lowest BCUT2D eigenvalue weighted by Crippen LogP contribution is -2.59. The smallest absolute Gasteiger partial charge is 0.288 e. The molecular weight excluding hydrogens is 420 g/mol. The molecule has 1 unspecified atom stereocenters. The molecule has 1 heterocycles. The molecule has 0 fully saturated rings. The van der Waals surface area contributed by atoms with Crippen LogP contribution < -0.4 is 9.62 Å². The van der Waals surface area contributed by atoms with Gasteiger partial charge in [-0.2, -0.15) is 0 Å². The molecule has 3 aromatic rings. The maximum atomic E-state index is 13.4. The van der Waals surface area contributed by atoms with E-state index in [-0.39, 0.29) is 10.3 Å². The average molecular weight is 449 g/mol. The number of hydrogen-bond acceptors (Lipinski definition) is 3. The average Bonchev–Trinajstić information content (AvgIpc) is 2.73. The number of anilines is 1. The van der Waals surface area contributed by atoms with Crippen LogP contribution in [0, 0.1) is 6.92 Å². The van der Waals surface area contributed by atoms with Crippen molar-refractivity contribution in [1.82, 2.24) is 4.72 Å². The molecule has 32 heavy (non-hydrogen) atoms. The first-order valence-electron chi connectivity index (χ1n) is 10.6. The van der Waals surface area contributed by atoms with Crippen LogP contribution in [0.1, 0.15) is 43.9 Å². The number of hydrogen-bond donors (Lipinski definition) is 1. The van der Waals surface area contributed by atoms with Gasteiger partial charge in [0.25, 0.3) is 10.0 Å². The predicted octanol–water partition coefficient (Wildman–Crippen LogP) is 5.39. The normalized spacial score (nSPS) is 19.8. The van der Waals surface area contributed by atoms with Crippen molar-refractivity contribution in [3.05, 3.63) is 95.6 Å². The highest BCUT2D eigenvalue weighted by atomic mass is 32.2. The van der Waals surface area contributed by atoms with Crippen molar-refractivity contribution < 1.29 is 13.2 Å². The summed E-state index contributed by atoms with van der Waals surface area (Å²) in [6, 6.07) is 23.7. The lowest BCUT2D eigenvalue weighted by Gasteiger charge is -2.51. The van der Waals surface area contributed by atoms with E-state index in [2.05, 4.69) is 23.8 Å². The summed E-state index contributed by atoms with van der Waals surface area (Å²) in [6.45, 7) is 8.01. The predicted molar refractivity (Wildman–Crippen MR) is 127 cm³/mol. The van der Waals surface area contributed by atoms with Gasteiger partial charge in [0.05, 0.1) is 10.6 Å². The number of fused-ring (bicyclic) bond motifs is 1. The number of rotatable bonds is 3. The second-order valence-electron chi connectivity index (χ2n) is 9.26. The minimum Gasteiger partial charge on any atom is -0.288 e. The summed E-state index contributed by atoms with van der Waals surface area (Å²) < 4.78 is 28.1. The number of aryl methyl sites for hydroxylation is 1. The summed E-state index contributed by atoms with van der Waals surface area (Å²) in [5.74, 6) is 0. The van der Waals surface area contributed by atoms with Gasteiger partial charge < -0.3 is 0 Å². The van der Waals surface area contributed by atoms with E-state index in [0.717, 1.165) is 16.7 Å². The lowest BCUT2D eigenvalue weighted by atomic mass is 9.65. The van der Waals surface area contributed by atoms with Gasteiger partial charge in [0.1, 0.15) is 0 Å². The van der Waals surface area contributed by atoms with Crippen LogP contribution in [-0.4, -0.2) is 20.0 Å². The van der Waals surface area contributed by atoms with Crippen molar-refractivity contribution >= 4 is 21.7 Å². The summed E-state index contributed by atoms with van der Waals surface area (Å²) >= 11 is 0. The molecule has 1 aliphatic rings. The van der Waals surface area contributed by atoms with Crippen LogP contribution in [0.5, 0.6) is 0 Å². The molecule has 0 radical (unpaired) electrons. The van der Waals surface area contributed by atoms with Gasteiger partial charge in [0, 0.05) is 11.0 Å². The zero-order valence-corrected chi connectivity index (χ0v) is 19.6. The van der Waals surface area contributed by atoms with Crippen LogP contribution >= 0.6 is 0 Å². The van der Waals surface area contributed by atoms with Gasteiger partial charge in [-0.15, -0.1) is 0 Å². The lowest BCUT2D eigenvalue weighted by molar-refractivity contribution is 0.237. The standard InChI is InChI=1S/C26H28N2O3S/c1-19-14-16-21(17-15-19)32(30,31)27-24(29)28-23-13-9-8-12-22(23)26(4,18-25(28,2)3)20-10-6-5-7-11-20/h5-17H,18H2,1-4H3,(H,27,29). The Morgan fingerprint density at radius 3 is 2.12 bits per heavy atom. The van der Waals surface area contributed by atoms with Crippen LogP contribution in [0.25, 0.3) is 0 Å². The Balaban J connectivity index is 1.76.